The zero-order valence-corrected chi connectivity index (χ0v) is 11.4. The quantitative estimate of drug-likeness (QED) is 0.894. The van der Waals surface area contributed by atoms with E-state index >= 15 is 0 Å². The molecule has 1 aromatic rings. The first kappa shape index (κ1) is 12.8. The molecule has 3 heteroatoms. The molecule has 1 heterocycles. The van der Waals surface area contributed by atoms with E-state index in [1.165, 1.54) is 11.1 Å². The molecule has 1 fully saturated rings. The number of nitrogens with one attached hydrogen (secondary N) is 1. The molecule has 2 rings (SSSR count). The fourth-order valence-electron chi connectivity index (χ4n) is 2.48. The van der Waals surface area contributed by atoms with Crippen LogP contribution in [0.5, 0.6) is 0 Å². The molecule has 2 nitrogen and oxygen atoms in total. The van der Waals surface area contributed by atoms with Crippen LogP contribution >= 0.6 is 0 Å². The highest BCUT2D eigenvalue weighted by Crippen LogP contribution is 2.19. The molecular weight excluding hydrogens is 230 g/mol. The van der Waals surface area contributed by atoms with Gasteiger partial charge < -0.3 is 5.32 Å². The first-order valence-electron chi connectivity index (χ1n) is 6.33. The fraction of sp³-hybridized carbons (Fsp3) is 0.571. The molecule has 0 bridgehead atoms. The van der Waals surface area contributed by atoms with Crippen molar-refractivity contribution in [3.63, 3.8) is 0 Å². The van der Waals surface area contributed by atoms with E-state index in [9.17, 15) is 4.21 Å². The van der Waals surface area contributed by atoms with Crippen molar-refractivity contribution >= 4 is 10.8 Å². The Morgan fingerprint density at radius 3 is 2.59 bits per heavy atom. The largest absolute Gasteiger partial charge is 0.307 e. The Labute approximate surface area is 106 Å². The van der Waals surface area contributed by atoms with E-state index in [0.29, 0.717) is 12.1 Å². The Hall–Kier alpha value is -0.670. The second-order valence-electron chi connectivity index (χ2n) is 4.87. The van der Waals surface area contributed by atoms with Crippen LogP contribution in [0.25, 0.3) is 0 Å². The molecular formula is C14H21NOS. The molecule has 1 aliphatic heterocycles. The van der Waals surface area contributed by atoms with Gasteiger partial charge >= 0.3 is 0 Å². The van der Waals surface area contributed by atoms with Crippen molar-refractivity contribution in [2.45, 2.75) is 38.8 Å². The van der Waals surface area contributed by atoms with Crippen molar-refractivity contribution in [3.8, 4) is 0 Å². The van der Waals surface area contributed by atoms with E-state index in [1.54, 1.807) is 0 Å². The van der Waals surface area contributed by atoms with E-state index in [2.05, 4.69) is 43.4 Å². The lowest BCUT2D eigenvalue weighted by Gasteiger charge is -2.27. The summed E-state index contributed by atoms with van der Waals surface area (Å²) in [6.07, 6.45) is 2.09. The lowest BCUT2D eigenvalue weighted by atomic mass is 10.0. The number of aryl methyl sites for hydroxylation is 1. The van der Waals surface area contributed by atoms with Crippen LogP contribution in [0.2, 0.25) is 0 Å². The lowest BCUT2D eigenvalue weighted by Crippen LogP contribution is -2.37. The Kier molecular flexibility index (Phi) is 4.35. The van der Waals surface area contributed by atoms with Crippen molar-refractivity contribution in [1.29, 1.82) is 0 Å². The third-order valence-corrected chi connectivity index (χ3v) is 4.91. The van der Waals surface area contributed by atoms with Crippen LogP contribution in [0.1, 0.15) is 36.9 Å². The second kappa shape index (κ2) is 5.78. The maximum Gasteiger partial charge on any atom is 0.0296 e. The average molecular weight is 251 g/mol. The van der Waals surface area contributed by atoms with Crippen LogP contribution < -0.4 is 5.32 Å². The van der Waals surface area contributed by atoms with Gasteiger partial charge in [0.1, 0.15) is 0 Å². The molecule has 0 aliphatic carbocycles. The second-order valence-corrected chi connectivity index (χ2v) is 6.56. The van der Waals surface area contributed by atoms with E-state index < -0.39 is 10.8 Å². The van der Waals surface area contributed by atoms with Gasteiger partial charge in [-0.1, -0.05) is 24.3 Å². The predicted octanol–water partition coefficient (Wildman–Crippen LogP) is 2.56. The number of hydrogen-bond acceptors (Lipinski definition) is 2. The van der Waals surface area contributed by atoms with Crippen LogP contribution in [0.4, 0.5) is 0 Å². The molecule has 0 radical (unpaired) electrons. The molecule has 0 aromatic heterocycles. The average Bonchev–Trinajstić information content (AvgIpc) is 2.32. The molecule has 1 N–H and O–H groups in total. The summed E-state index contributed by atoms with van der Waals surface area (Å²) in [5, 5.41) is 3.66. The Morgan fingerprint density at radius 2 is 1.94 bits per heavy atom. The lowest BCUT2D eigenvalue weighted by molar-refractivity contribution is 0.426. The van der Waals surface area contributed by atoms with Crippen LogP contribution in [0, 0.1) is 6.92 Å². The predicted molar refractivity (Wildman–Crippen MR) is 73.6 cm³/mol. The van der Waals surface area contributed by atoms with Crippen molar-refractivity contribution in [1.82, 2.24) is 5.32 Å². The molecule has 1 aromatic carbocycles. The van der Waals surface area contributed by atoms with Gasteiger partial charge in [-0.05, 0) is 37.8 Å². The topological polar surface area (TPSA) is 29.1 Å². The van der Waals surface area contributed by atoms with Crippen molar-refractivity contribution in [2.75, 3.05) is 11.5 Å². The van der Waals surface area contributed by atoms with Gasteiger partial charge in [0.2, 0.25) is 0 Å². The Morgan fingerprint density at radius 1 is 1.29 bits per heavy atom. The summed E-state index contributed by atoms with van der Waals surface area (Å²) in [7, 11) is -0.565. The number of benzene rings is 1. The highest BCUT2D eigenvalue weighted by Gasteiger charge is 2.20. The zero-order valence-electron chi connectivity index (χ0n) is 10.6. The van der Waals surface area contributed by atoms with Crippen molar-refractivity contribution in [2.24, 2.45) is 0 Å². The van der Waals surface area contributed by atoms with Gasteiger partial charge in [0, 0.05) is 34.4 Å². The molecule has 94 valence electrons. The highest BCUT2D eigenvalue weighted by molar-refractivity contribution is 7.85. The smallest absolute Gasteiger partial charge is 0.0296 e. The minimum Gasteiger partial charge on any atom is -0.307 e. The van der Waals surface area contributed by atoms with Crippen molar-refractivity contribution in [3.05, 3.63) is 35.4 Å². The maximum atomic E-state index is 11.3. The first-order valence-corrected chi connectivity index (χ1v) is 7.82. The highest BCUT2D eigenvalue weighted by atomic mass is 32.2. The van der Waals surface area contributed by atoms with Crippen LogP contribution in [0.3, 0.4) is 0 Å². The van der Waals surface area contributed by atoms with E-state index in [4.69, 9.17) is 0 Å². The fourth-order valence-corrected chi connectivity index (χ4v) is 3.78. The van der Waals surface area contributed by atoms with Gasteiger partial charge in [0.15, 0.2) is 0 Å². The maximum absolute atomic E-state index is 11.3. The molecule has 17 heavy (non-hydrogen) atoms. The van der Waals surface area contributed by atoms with Crippen molar-refractivity contribution < 1.29 is 4.21 Å². The van der Waals surface area contributed by atoms with Gasteiger partial charge in [0.25, 0.3) is 0 Å². The minimum atomic E-state index is -0.565. The Balaban J connectivity index is 1.95. The van der Waals surface area contributed by atoms with Gasteiger partial charge in [-0.3, -0.25) is 4.21 Å². The SMILES string of the molecule is Cc1ccccc1[C@H](C)NC1CCS(=O)CC1. The molecule has 1 atom stereocenters. The van der Waals surface area contributed by atoms with Gasteiger partial charge in [-0.2, -0.15) is 0 Å². The summed E-state index contributed by atoms with van der Waals surface area (Å²) < 4.78 is 11.3. The van der Waals surface area contributed by atoms with Crippen LogP contribution in [0.15, 0.2) is 24.3 Å². The van der Waals surface area contributed by atoms with Gasteiger partial charge in [0.05, 0.1) is 0 Å². The van der Waals surface area contributed by atoms with Crippen LogP contribution in [-0.2, 0) is 10.8 Å². The molecule has 1 aliphatic rings. The first-order chi connectivity index (χ1) is 8.16. The third kappa shape index (κ3) is 3.39. The zero-order chi connectivity index (χ0) is 12.3. The van der Waals surface area contributed by atoms with E-state index in [1.807, 2.05) is 0 Å². The molecule has 0 spiro atoms. The number of hydrogen-bond donors (Lipinski definition) is 1. The summed E-state index contributed by atoms with van der Waals surface area (Å²) in [5.74, 6) is 1.72. The number of rotatable bonds is 3. The molecule has 0 amide bonds. The normalized spacial score (nSPS) is 26.7. The van der Waals surface area contributed by atoms with Gasteiger partial charge in [-0.15, -0.1) is 0 Å². The summed E-state index contributed by atoms with van der Waals surface area (Å²) in [6, 6.07) is 9.43. The monoisotopic (exact) mass is 251 g/mol. The minimum absolute atomic E-state index is 0.382. The summed E-state index contributed by atoms with van der Waals surface area (Å²) in [4.78, 5) is 0. The van der Waals surface area contributed by atoms with E-state index in [-0.39, 0.29) is 0 Å². The molecule has 0 unspecified atom stereocenters. The third-order valence-electron chi connectivity index (χ3n) is 3.53. The van der Waals surface area contributed by atoms with Crippen LogP contribution in [-0.4, -0.2) is 21.8 Å². The standard InChI is InChI=1S/C14H21NOS/c1-11-5-3-4-6-14(11)12(2)15-13-7-9-17(16)10-8-13/h3-6,12-13,15H,7-10H2,1-2H3/t12-,13?,17?/m0/s1. The van der Waals surface area contributed by atoms with Gasteiger partial charge in [-0.25, -0.2) is 0 Å². The summed E-state index contributed by atoms with van der Waals surface area (Å²) in [6.45, 7) is 4.37. The molecule has 0 saturated carbocycles. The van der Waals surface area contributed by atoms with E-state index in [0.717, 1.165) is 24.3 Å². The Bertz CT molecular complexity index is 395. The summed E-state index contributed by atoms with van der Waals surface area (Å²) in [5.41, 5.74) is 2.71. The molecule has 1 saturated heterocycles. The summed E-state index contributed by atoms with van der Waals surface area (Å²) >= 11 is 0.